The van der Waals surface area contributed by atoms with Crippen LogP contribution in [0.2, 0.25) is 0 Å². The van der Waals surface area contributed by atoms with Crippen LogP contribution in [0.15, 0.2) is 97.2 Å². The summed E-state index contributed by atoms with van der Waals surface area (Å²) in [5.74, 6) is 1.08. The summed E-state index contributed by atoms with van der Waals surface area (Å²) in [5.41, 5.74) is 8.69. The molecule has 1 aliphatic carbocycles. The second-order valence-corrected chi connectivity index (χ2v) is 16.2. The molecule has 4 aliphatic heterocycles. The number of aromatic hydroxyl groups is 1. The number of hydrogen-bond acceptors (Lipinski definition) is 6. The molecule has 0 radical (unpaired) electrons. The number of allylic oxidation sites excluding steroid dienone is 1. The normalized spacial score (nSPS) is 23.1. The standard InChI is InChI=1S/C45H47FN4O4/c1-29-4-19-41(43(52)47-29)50-24-33-22-35(12-17-40(33)44(50)53)49-27-45(28-49)25-48(26-45)20-2-3-21-54-37-14-7-31(8-15-37)42-38(30-5-10-34(46)11-6-30)16-9-32-23-36(51)13-18-39(32)42/h5-8,10-15,17-18,22-23,38,41-42,51H,1-4,9,16,19-21,24-28H2,(H,47,52)/t38-,41?,42+/m1/s1. The molecule has 4 aromatic rings. The molecule has 9 heteroatoms. The quantitative estimate of drug-likeness (QED) is 0.170. The van der Waals surface area contributed by atoms with Crippen LogP contribution in [0.4, 0.5) is 10.1 Å². The molecule has 9 rings (SSSR count). The molecule has 8 nitrogen and oxygen atoms in total. The monoisotopic (exact) mass is 726 g/mol. The summed E-state index contributed by atoms with van der Waals surface area (Å²) >= 11 is 0. The molecule has 0 aromatic heterocycles. The van der Waals surface area contributed by atoms with Crippen LogP contribution in [0, 0.1) is 11.2 Å². The Labute approximate surface area is 316 Å². The number of benzene rings is 4. The fraction of sp³-hybridized carbons (Fsp3) is 0.378. The Balaban J connectivity index is 0.726. The van der Waals surface area contributed by atoms with Gasteiger partial charge in [0.05, 0.1) is 6.61 Å². The van der Waals surface area contributed by atoms with Gasteiger partial charge in [0.2, 0.25) is 5.91 Å². The minimum atomic E-state index is -0.432. The number of carbonyl (C=O) groups excluding carboxylic acids is 2. The summed E-state index contributed by atoms with van der Waals surface area (Å²) in [4.78, 5) is 32.4. The van der Waals surface area contributed by atoms with Gasteiger partial charge in [0.15, 0.2) is 0 Å². The first-order valence-corrected chi connectivity index (χ1v) is 19.4. The van der Waals surface area contributed by atoms with E-state index in [0.29, 0.717) is 42.7 Å². The van der Waals surface area contributed by atoms with Crippen molar-refractivity contribution in [3.05, 3.63) is 136 Å². The molecular weight excluding hydrogens is 680 g/mol. The minimum absolute atomic E-state index is 0.0517. The number of aryl methyl sites for hydroxylation is 1. The minimum Gasteiger partial charge on any atom is -0.508 e. The van der Waals surface area contributed by atoms with Gasteiger partial charge in [-0.05, 0) is 133 Å². The first-order valence-electron chi connectivity index (χ1n) is 19.4. The number of phenols is 1. The van der Waals surface area contributed by atoms with Crippen molar-refractivity contribution in [3.63, 3.8) is 0 Å². The maximum atomic E-state index is 13.8. The molecule has 0 bridgehead atoms. The van der Waals surface area contributed by atoms with Gasteiger partial charge in [0.1, 0.15) is 23.4 Å². The molecule has 2 N–H and O–H groups in total. The number of hydrogen-bond donors (Lipinski definition) is 2. The second kappa shape index (κ2) is 13.9. The van der Waals surface area contributed by atoms with Crippen LogP contribution in [0.25, 0.3) is 0 Å². The molecule has 1 unspecified atom stereocenters. The Morgan fingerprint density at radius 1 is 0.852 bits per heavy atom. The third-order valence-corrected chi connectivity index (χ3v) is 12.4. The van der Waals surface area contributed by atoms with Gasteiger partial charge in [-0.3, -0.25) is 9.59 Å². The highest BCUT2D eigenvalue weighted by Gasteiger charge is 2.51. The molecule has 3 atom stereocenters. The summed E-state index contributed by atoms with van der Waals surface area (Å²) in [6, 6.07) is 26.8. The SMILES string of the molecule is C=C1CCC(N2Cc3cc(N4CC5(CN(CCCCOc6ccc([C@@H]7c8ccc(O)cc8CC[C@@H]7c7ccc(F)cc7)cc6)C5)C4)ccc3C2=O)C(=O)N1. The zero-order valence-corrected chi connectivity index (χ0v) is 30.6. The lowest BCUT2D eigenvalue weighted by molar-refractivity contribution is -0.126. The lowest BCUT2D eigenvalue weighted by atomic mass is 9.69. The molecule has 2 amide bonds. The highest BCUT2D eigenvalue weighted by molar-refractivity contribution is 6.01. The first-order chi connectivity index (χ1) is 26.2. The first kappa shape index (κ1) is 34.6. The van der Waals surface area contributed by atoms with Gasteiger partial charge in [-0.15, -0.1) is 0 Å². The molecule has 0 saturated carbocycles. The molecule has 4 aromatic carbocycles. The number of carbonyl (C=O) groups is 2. The number of likely N-dealkylation sites (tertiary alicyclic amines) is 1. The predicted octanol–water partition coefficient (Wildman–Crippen LogP) is 7.12. The van der Waals surface area contributed by atoms with Crippen molar-refractivity contribution >= 4 is 17.5 Å². The second-order valence-electron chi connectivity index (χ2n) is 16.2. The van der Waals surface area contributed by atoms with E-state index in [2.05, 4.69) is 58.1 Å². The number of ether oxygens (including phenoxy) is 1. The molecule has 5 aliphatic rings. The van der Waals surface area contributed by atoms with Crippen LogP contribution >= 0.6 is 0 Å². The molecule has 3 fully saturated rings. The molecule has 278 valence electrons. The molecule has 1 spiro atoms. The van der Waals surface area contributed by atoms with Gasteiger partial charge in [0, 0.05) is 61.0 Å². The molecule has 3 saturated heterocycles. The summed E-state index contributed by atoms with van der Waals surface area (Å²) in [6.07, 6.45) is 5.21. The van der Waals surface area contributed by atoms with E-state index < -0.39 is 6.04 Å². The number of nitrogens with zero attached hydrogens (tertiary/aromatic N) is 3. The van der Waals surface area contributed by atoms with Gasteiger partial charge in [-0.2, -0.15) is 0 Å². The summed E-state index contributed by atoms with van der Waals surface area (Å²) in [6.45, 7) is 10.4. The highest BCUT2D eigenvalue weighted by Crippen LogP contribution is 2.47. The fourth-order valence-electron chi connectivity index (χ4n) is 9.73. The maximum Gasteiger partial charge on any atom is 0.255 e. The van der Waals surface area contributed by atoms with Crippen LogP contribution in [0.3, 0.4) is 0 Å². The van der Waals surface area contributed by atoms with Crippen LogP contribution in [0.1, 0.15) is 82.1 Å². The summed E-state index contributed by atoms with van der Waals surface area (Å²) in [5, 5.41) is 13.0. The number of phenolic OH excluding ortho intramolecular Hbond substituents is 1. The van der Waals surface area contributed by atoms with Gasteiger partial charge >= 0.3 is 0 Å². The van der Waals surface area contributed by atoms with E-state index in [4.69, 9.17) is 4.74 Å². The van der Waals surface area contributed by atoms with Gasteiger partial charge in [-0.1, -0.05) is 36.9 Å². The average molecular weight is 727 g/mol. The van der Waals surface area contributed by atoms with Crippen molar-refractivity contribution in [1.82, 2.24) is 15.1 Å². The van der Waals surface area contributed by atoms with E-state index in [9.17, 15) is 19.1 Å². The summed E-state index contributed by atoms with van der Waals surface area (Å²) < 4.78 is 19.9. The number of piperidine rings is 1. The Bertz CT molecular complexity index is 2090. The molecule has 54 heavy (non-hydrogen) atoms. The van der Waals surface area contributed by atoms with E-state index in [0.717, 1.165) is 86.7 Å². The molecule has 4 heterocycles. The van der Waals surface area contributed by atoms with Crippen LogP contribution < -0.4 is 15.0 Å². The number of halogens is 1. The number of fused-ring (bicyclic) bond motifs is 2. The van der Waals surface area contributed by atoms with Crippen LogP contribution in [-0.2, 0) is 17.8 Å². The Morgan fingerprint density at radius 3 is 2.41 bits per heavy atom. The lowest BCUT2D eigenvalue weighted by Crippen LogP contribution is -2.72. The van der Waals surface area contributed by atoms with Crippen molar-refractivity contribution < 1.29 is 23.8 Å². The average Bonchev–Trinajstić information content (AvgIpc) is 3.46. The van der Waals surface area contributed by atoms with Crippen molar-refractivity contribution in [3.8, 4) is 11.5 Å². The zero-order chi connectivity index (χ0) is 37.0. The van der Waals surface area contributed by atoms with Crippen LogP contribution in [-0.4, -0.2) is 72.1 Å². The van der Waals surface area contributed by atoms with Gasteiger partial charge < -0.3 is 29.9 Å². The van der Waals surface area contributed by atoms with Crippen molar-refractivity contribution in [2.75, 3.05) is 44.2 Å². The maximum absolute atomic E-state index is 13.8. The third-order valence-electron chi connectivity index (χ3n) is 12.4. The Morgan fingerprint density at radius 2 is 1.63 bits per heavy atom. The number of unbranched alkanes of at least 4 members (excludes halogenated alkanes) is 1. The largest absolute Gasteiger partial charge is 0.508 e. The topological polar surface area (TPSA) is 85.4 Å². The van der Waals surface area contributed by atoms with Crippen molar-refractivity contribution in [2.24, 2.45) is 5.41 Å². The fourth-order valence-corrected chi connectivity index (χ4v) is 9.73. The van der Waals surface area contributed by atoms with Gasteiger partial charge in [0.25, 0.3) is 5.91 Å². The summed E-state index contributed by atoms with van der Waals surface area (Å²) in [7, 11) is 0. The lowest BCUT2D eigenvalue weighted by Gasteiger charge is -2.61. The number of amides is 2. The highest BCUT2D eigenvalue weighted by atomic mass is 19.1. The number of anilines is 1. The van der Waals surface area contributed by atoms with Crippen molar-refractivity contribution in [1.29, 1.82) is 0 Å². The van der Waals surface area contributed by atoms with E-state index in [-0.39, 0.29) is 29.5 Å². The Hall–Kier alpha value is -5.15. The predicted molar refractivity (Wildman–Crippen MR) is 206 cm³/mol. The van der Waals surface area contributed by atoms with E-state index >= 15 is 0 Å². The van der Waals surface area contributed by atoms with Crippen molar-refractivity contribution in [2.45, 2.75) is 62.9 Å². The molecular formula is C45H47FN4O4. The van der Waals surface area contributed by atoms with E-state index in [1.807, 2.05) is 30.3 Å². The zero-order valence-electron chi connectivity index (χ0n) is 30.6. The Kier molecular flexibility index (Phi) is 8.92. The van der Waals surface area contributed by atoms with Gasteiger partial charge in [-0.25, -0.2) is 4.39 Å². The number of rotatable bonds is 10. The van der Waals surface area contributed by atoms with E-state index in [1.165, 1.54) is 16.7 Å². The van der Waals surface area contributed by atoms with Crippen LogP contribution in [0.5, 0.6) is 11.5 Å². The smallest absolute Gasteiger partial charge is 0.255 e. The number of nitrogens with one attached hydrogen (secondary N) is 1. The third kappa shape index (κ3) is 6.53. The van der Waals surface area contributed by atoms with E-state index in [1.54, 1.807) is 23.1 Å².